The summed E-state index contributed by atoms with van der Waals surface area (Å²) in [6.45, 7) is 0. The fourth-order valence-electron chi connectivity index (χ4n) is 7.45. The number of fused-ring (bicyclic) bond motifs is 3. The molecule has 0 amide bonds. The quantitative estimate of drug-likeness (QED) is 0.185. The molecule has 0 atom stereocenters. The van der Waals surface area contributed by atoms with Crippen LogP contribution in [0, 0.1) is 0 Å². The zero-order valence-corrected chi connectivity index (χ0v) is 26.7. The van der Waals surface area contributed by atoms with Gasteiger partial charge in [0.25, 0.3) is 0 Å². The largest absolute Gasteiger partial charge is 0.256 e. The molecule has 0 N–H and O–H groups in total. The molecule has 1 aliphatic rings. The Bertz CT molecular complexity index is 2330. The molecule has 3 heteroatoms. The van der Waals surface area contributed by atoms with Gasteiger partial charge in [0.2, 0.25) is 0 Å². The molecule has 49 heavy (non-hydrogen) atoms. The van der Waals surface area contributed by atoms with Crippen molar-refractivity contribution in [1.82, 2.24) is 15.0 Å². The van der Waals surface area contributed by atoms with Gasteiger partial charge in [0.1, 0.15) is 0 Å². The highest BCUT2D eigenvalue weighted by atomic mass is 14.9. The summed E-state index contributed by atoms with van der Waals surface area (Å²) >= 11 is 0. The van der Waals surface area contributed by atoms with Gasteiger partial charge in [0.15, 0.2) is 5.82 Å². The summed E-state index contributed by atoms with van der Waals surface area (Å²) in [7, 11) is 0. The lowest BCUT2D eigenvalue weighted by molar-refractivity contribution is 0.769. The number of pyridine rings is 1. The second kappa shape index (κ2) is 12.0. The number of aromatic nitrogens is 3. The van der Waals surface area contributed by atoms with Crippen molar-refractivity contribution >= 4 is 0 Å². The molecule has 9 rings (SSSR count). The van der Waals surface area contributed by atoms with Gasteiger partial charge in [-0.25, -0.2) is 9.97 Å². The summed E-state index contributed by atoms with van der Waals surface area (Å²) in [6, 6.07) is 64.3. The van der Waals surface area contributed by atoms with Crippen LogP contribution in [0.4, 0.5) is 0 Å². The molecule has 0 saturated heterocycles. The average Bonchev–Trinajstić information content (AvgIpc) is 3.50. The van der Waals surface area contributed by atoms with Gasteiger partial charge in [-0.1, -0.05) is 152 Å². The van der Waals surface area contributed by atoms with Gasteiger partial charge >= 0.3 is 0 Å². The predicted octanol–water partition coefficient (Wildman–Crippen LogP) is 10.9. The summed E-state index contributed by atoms with van der Waals surface area (Å²) in [6.07, 6.45) is 1.86. The predicted molar refractivity (Wildman–Crippen MR) is 199 cm³/mol. The molecule has 0 unspecified atom stereocenters. The van der Waals surface area contributed by atoms with Crippen LogP contribution in [0.15, 0.2) is 188 Å². The Morgan fingerprint density at radius 3 is 1.41 bits per heavy atom. The Kier molecular flexibility index (Phi) is 7.02. The molecule has 0 saturated carbocycles. The summed E-state index contributed by atoms with van der Waals surface area (Å²) < 4.78 is 0. The van der Waals surface area contributed by atoms with E-state index in [4.69, 9.17) is 15.0 Å². The molecule has 2 aromatic heterocycles. The van der Waals surface area contributed by atoms with E-state index in [9.17, 15) is 0 Å². The van der Waals surface area contributed by atoms with Crippen LogP contribution in [0.2, 0.25) is 0 Å². The van der Waals surface area contributed by atoms with E-state index in [0.717, 1.165) is 44.9 Å². The van der Waals surface area contributed by atoms with E-state index in [1.807, 2.05) is 30.5 Å². The number of hydrogen-bond donors (Lipinski definition) is 0. The van der Waals surface area contributed by atoms with Gasteiger partial charge in [-0.15, -0.1) is 0 Å². The van der Waals surface area contributed by atoms with Crippen molar-refractivity contribution in [2.75, 3.05) is 0 Å². The van der Waals surface area contributed by atoms with Crippen LogP contribution in [-0.2, 0) is 5.41 Å². The zero-order valence-electron chi connectivity index (χ0n) is 26.7. The van der Waals surface area contributed by atoms with Gasteiger partial charge < -0.3 is 0 Å². The van der Waals surface area contributed by atoms with Crippen LogP contribution < -0.4 is 0 Å². The lowest BCUT2D eigenvalue weighted by Gasteiger charge is -2.34. The first-order valence-electron chi connectivity index (χ1n) is 16.6. The van der Waals surface area contributed by atoms with Crippen LogP contribution in [0.25, 0.3) is 56.3 Å². The molecule has 8 aromatic rings. The normalized spacial score (nSPS) is 12.7. The third-order valence-electron chi connectivity index (χ3n) is 9.63. The molecule has 0 radical (unpaired) electrons. The first-order chi connectivity index (χ1) is 24.3. The molecule has 3 nitrogen and oxygen atoms in total. The summed E-state index contributed by atoms with van der Waals surface area (Å²) in [5.41, 5.74) is 13.7. The molecule has 1 aliphatic carbocycles. The number of nitrogens with zero attached hydrogens (tertiary/aromatic N) is 3. The molecular weight excluding hydrogens is 595 g/mol. The second-order valence-electron chi connectivity index (χ2n) is 12.4. The van der Waals surface area contributed by atoms with E-state index in [1.54, 1.807) is 0 Å². The molecule has 0 spiro atoms. The first kappa shape index (κ1) is 28.7. The van der Waals surface area contributed by atoms with Crippen molar-refractivity contribution in [1.29, 1.82) is 0 Å². The van der Waals surface area contributed by atoms with Crippen molar-refractivity contribution in [3.8, 4) is 56.3 Å². The van der Waals surface area contributed by atoms with Crippen molar-refractivity contribution in [2.24, 2.45) is 0 Å². The lowest BCUT2D eigenvalue weighted by Crippen LogP contribution is -2.28. The van der Waals surface area contributed by atoms with Crippen molar-refractivity contribution in [3.63, 3.8) is 0 Å². The second-order valence-corrected chi connectivity index (χ2v) is 12.4. The zero-order chi connectivity index (χ0) is 32.6. The Balaban J connectivity index is 1.30. The van der Waals surface area contributed by atoms with Gasteiger partial charge in [-0.2, -0.15) is 0 Å². The summed E-state index contributed by atoms with van der Waals surface area (Å²) in [4.78, 5) is 15.1. The molecular formula is C46H31N3. The van der Waals surface area contributed by atoms with E-state index in [-0.39, 0.29) is 0 Å². The maximum absolute atomic E-state index is 5.19. The maximum Gasteiger partial charge on any atom is 0.160 e. The van der Waals surface area contributed by atoms with Gasteiger partial charge in [-0.3, -0.25) is 4.98 Å². The highest BCUT2D eigenvalue weighted by molar-refractivity contribution is 5.87. The van der Waals surface area contributed by atoms with Crippen molar-refractivity contribution < 1.29 is 0 Å². The molecule has 0 fully saturated rings. The standard InChI is InChI=1S/C46H31N3/c1-3-15-32(16-4-1)43-31-44(33-17-5-2-6-18-33)49-45(48-43)35-20-14-22-37(30-35)46(36-21-13-19-34(29-36)42-27-11-12-28-47-42)40-25-9-7-23-38(40)39-24-8-10-26-41(39)46/h1-31H. The van der Waals surface area contributed by atoms with E-state index < -0.39 is 5.41 Å². The third-order valence-corrected chi connectivity index (χ3v) is 9.63. The minimum atomic E-state index is -0.576. The molecule has 230 valence electrons. The van der Waals surface area contributed by atoms with Crippen molar-refractivity contribution in [2.45, 2.75) is 5.41 Å². The lowest BCUT2D eigenvalue weighted by atomic mass is 9.67. The van der Waals surface area contributed by atoms with Crippen LogP contribution in [0.3, 0.4) is 0 Å². The molecule has 0 bridgehead atoms. The van der Waals surface area contributed by atoms with E-state index in [2.05, 4.69) is 158 Å². The minimum Gasteiger partial charge on any atom is -0.256 e. The Morgan fingerprint density at radius 1 is 0.347 bits per heavy atom. The number of benzene rings is 6. The Labute approximate surface area is 286 Å². The topological polar surface area (TPSA) is 38.7 Å². The maximum atomic E-state index is 5.19. The van der Waals surface area contributed by atoms with Crippen LogP contribution in [0.1, 0.15) is 22.3 Å². The summed E-state index contributed by atoms with van der Waals surface area (Å²) in [5.74, 6) is 0.694. The first-order valence-corrected chi connectivity index (χ1v) is 16.6. The van der Waals surface area contributed by atoms with Gasteiger partial charge in [-0.05, 0) is 63.7 Å². The van der Waals surface area contributed by atoms with Gasteiger partial charge in [0, 0.05) is 28.5 Å². The summed E-state index contributed by atoms with van der Waals surface area (Å²) in [5, 5.41) is 0. The highest BCUT2D eigenvalue weighted by Crippen LogP contribution is 2.56. The molecule has 2 heterocycles. The monoisotopic (exact) mass is 625 g/mol. The van der Waals surface area contributed by atoms with E-state index in [0.29, 0.717) is 5.82 Å². The van der Waals surface area contributed by atoms with Crippen LogP contribution in [-0.4, -0.2) is 15.0 Å². The fraction of sp³-hybridized carbons (Fsp3) is 0.0217. The van der Waals surface area contributed by atoms with Gasteiger partial charge in [0.05, 0.1) is 22.5 Å². The highest BCUT2D eigenvalue weighted by Gasteiger charge is 2.46. The van der Waals surface area contributed by atoms with E-state index >= 15 is 0 Å². The fourth-order valence-corrected chi connectivity index (χ4v) is 7.45. The SMILES string of the molecule is c1ccc(-c2cc(-c3ccccc3)nc(-c3cccc(C4(c5cccc(-c6ccccn6)c5)c5ccccc5-c5ccccc54)c3)n2)cc1. The van der Waals surface area contributed by atoms with Crippen LogP contribution >= 0.6 is 0 Å². The van der Waals surface area contributed by atoms with Crippen LogP contribution in [0.5, 0.6) is 0 Å². The Hall–Kier alpha value is -6.45. The Morgan fingerprint density at radius 2 is 0.837 bits per heavy atom. The van der Waals surface area contributed by atoms with E-state index in [1.165, 1.54) is 27.8 Å². The number of hydrogen-bond acceptors (Lipinski definition) is 3. The third kappa shape index (κ3) is 4.87. The van der Waals surface area contributed by atoms with Crippen molar-refractivity contribution in [3.05, 3.63) is 210 Å². The molecule has 0 aliphatic heterocycles. The molecule has 6 aromatic carbocycles. The minimum absolute atomic E-state index is 0.576. The smallest absolute Gasteiger partial charge is 0.160 e. The average molecular weight is 626 g/mol. The number of rotatable bonds is 6.